The topological polar surface area (TPSA) is 67.4 Å². The molecule has 0 saturated heterocycles. The fraction of sp³-hybridized carbons (Fsp3) is 0.385. The molecule has 0 aliphatic heterocycles. The number of ether oxygens (including phenoxy) is 1. The largest absolute Gasteiger partial charge is 0.453 e. The van der Waals surface area contributed by atoms with Crippen molar-refractivity contribution >= 4 is 12.0 Å². The van der Waals surface area contributed by atoms with E-state index in [0.717, 1.165) is 19.2 Å². The summed E-state index contributed by atoms with van der Waals surface area (Å²) < 4.78 is 30.2. The summed E-state index contributed by atoms with van der Waals surface area (Å²) in [6, 6.07) is 2.38. The van der Waals surface area contributed by atoms with Crippen molar-refractivity contribution in [1.29, 1.82) is 0 Å². The van der Waals surface area contributed by atoms with Crippen LogP contribution in [0.25, 0.3) is 0 Å². The maximum atomic E-state index is 13.1. The summed E-state index contributed by atoms with van der Waals surface area (Å²) in [7, 11) is 1.14. The van der Waals surface area contributed by atoms with E-state index in [9.17, 15) is 18.4 Å². The molecule has 0 saturated carbocycles. The molecule has 0 fully saturated rings. The summed E-state index contributed by atoms with van der Waals surface area (Å²) in [5.74, 6) is -2.47. The molecule has 0 aliphatic carbocycles. The minimum absolute atomic E-state index is 0.400. The van der Waals surface area contributed by atoms with Crippen LogP contribution in [-0.4, -0.2) is 25.2 Å². The third-order valence-electron chi connectivity index (χ3n) is 2.75. The molecule has 5 nitrogen and oxygen atoms in total. The molecular formula is C13H16F2N2O3. The SMILES string of the molecule is COC(=O)NC(=O)[C@@H](C)N[C@H](C)c1ccc(F)c(F)c1. The van der Waals surface area contributed by atoms with Gasteiger partial charge in [0, 0.05) is 6.04 Å². The first-order valence-corrected chi connectivity index (χ1v) is 5.95. The van der Waals surface area contributed by atoms with Crippen LogP contribution in [0.2, 0.25) is 0 Å². The first-order chi connectivity index (χ1) is 9.35. The van der Waals surface area contributed by atoms with Crippen molar-refractivity contribution in [1.82, 2.24) is 10.6 Å². The number of rotatable bonds is 4. The van der Waals surface area contributed by atoms with Crippen LogP contribution in [-0.2, 0) is 9.53 Å². The Morgan fingerprint density at radius 3 is 2.40 bits per heavy atom. The highest BCUT2D eigenvalue weighted by molar-refractivity contribution is 5.94. The van der Waals surface area contributed by atoms with Gasteiger partial charge in [0.05, 0.1) is 13.2 Å². The van der Waals surface area contributed by atoms with E-state index < -0.39 is 35.7 Å². The highest BCUT2D eigenvalue weighted by atomic mass is 19.2. The first-order valence-electron chi connectivity index (χ1n) is 5.95. The normalized spacial score (nSPS) is 13.4. The molecule has 0 aliphatic rings. The van der Waals surface area contributed by atoms with E-state index >= 15 is 0 Å². The van der Waals surface area contributed by atoms with Crippen LogP contribution in [0.5, 0.6) is 0 Å². The van der Waals surface area contributed by atoms with Crippen LogP contribution in [0.4, 0.5) is 13.6 Å². The van der Waals surface area contributed by atoms with Gasteiger partial charge in [-0.1, -0.05) is 6.07 Å². The number of hydrogen-bond acceptors (Lipinski definition) is 4. The van der Waals surface area contributed by atoms with E-state index in [2.05, 4.69) is 10.1 Å². The minimum atomic E-state index is -0.956. The fourth-order valence-electron chi connectivity index (χ4n) is 1.59. The van der Waals surface area contributed by atoms with Gasteiger partial charge in [-0.05, 0) is 31.5 Å². The number of alkyl carbamates (subject to hydrolysis) is 1. The molecule has 1 aromatic carbocycles. The highest BCUT2D eigenvalue weighted by Crippen LogP contribution is 2.16. The van der Waals surface area contributed by atoms with Crippen LogP contribution in [0.1, 0.15) is 25.5 Å². The quantitative estimate of drug-likeness (QED) is 0.887. The van der Waals surface area contributed by atoms with Gasteiger partial charge in [0.1, 0.15) is 0 Å². The zero-order valence-corrected chi connectivity index (χ0v) is 11.4. The van der Waals surface area contributed by atoms with Crippen LogP contribution < -0.4 is 10.6 Å². The molecule has 2 atom stereocenters. The number of carbonyl (C=O) groups excluding carboxylic acids is 2. The van der Waals surface area contributed by atoms with E-state index in [1.165, 1.54) is 13.0 Å². The number of methoxy groups -OCH3 is 1. The Morgan fingerprint density at radius 2 is 1.85 bits per heavy atom. The molecule has 0 heterocycles. The molecule has 7 heteroatoms. The third kappa shape index (κ3) is 4.27. The molecule has 20 heavy (non-hydrogen) atoms. The summed E-state index contributed by atoms with van der Waals surface area (Å²) >= 11 is 0. The summed E-state index contributed by atoms with van der Waals surface area (Å²) in [5.41, 5.74) is 0.488. The Balaban J connectivity index is 2.64. The van der Waals surface area contributed by atoms with E-state index in [4.69, 9.17) is 0 Å². The van der Waals surface area contributed by atoms with Crippen LogP contribution in [0.15, 0.2) is 18.2 Å². The molecule has 0 spiro atoms. The molecule has 1 aromatic rings. The van der Waals surface area contributed by atoms with Gasteiger partial charge in [-0.3, -0.25) is 15.4 Å². The van der Waals surface area contributed by atoms with Gasteiger partial charge in [0.25, 0.3) is 0 Å². The number of amides is 2. The van der Waals surface area contributed by atoms with Gasteiger partial charge in [-0.15, -0.1) is 0 Å². The summed E-state index contributed by atoms with van der Waals surface area (Å²) in [6.07, 6.45) is -0.857. The van der Waals surface area contributed by atoms with Crippen LogP contribution in [0, 0.1) is 11.6 Å². The monoisotopic (exact) mass is 286 g/mol. The fourth-order valence-corrected chi connectivity index (χ4v) is 1.59. The second-order valence-electron chi connectivity index (χ2n) is 4.26. The van der Waals surface area contributed by atoms with Gasteiger partial charge in [-0.2, -0.15) is 0 Å². The van der Waals surface area contributed by atoms with E-state index in [0.29, 0.717) is 5.56 Å². The lowest BCUT2D eigenvalue weighted by Crippen LogP contribution is -2.45. The predicted molar refractivity (Wildman–Crippen MR) is 67.9 cm³/mol. The second-order valence-corrected chi connectivity index (χ2v) is 4.26. The number of imide groups is 1. The van der Waals surface area contributed by atoms with Crippen molar-refractivity contribution in [2.24, 2.45) is 0 Å². The zero-order valence-electron chi connectivity index (χ0n) is 11.4. The Hall–Kier alpha value is -2.02. The molecule has 2 N–H and O–H groups in total. The van der Waals surface area contributed by atoms with Crippen LogP contribution >= 0.6 is 0 Å². The smallest absolute Gasteiger partial charge is 0.413 e. The maximum absolute atomic E-state index is 13.1. The van der Waals surface area contributed by atoms with Gasteiger partial charge < -0.3 is 4.74 Å². The van der Waals surface area contributed by atoms with Gasteiger partial charge in [0.15, 0.2) is 11.6 Å². The van der Waals surface area contributed by atoms with Crippen molar-refractivity contribution in [2.75, 3.05) is 7.11 Å². The van der Waals surface area contributed by atoms with Crippen molar-refractivity contribution in [3.63, 3.8) is 0 Å². The molecule has 0 bridgehead atoms. The lowest BCUT2D eigenvalue weighted by Gasteiger charge is -2.19. The Labute approximate surface area is 115 Å². The van der Waals surface area contributed by atoms with E-state index in [1.807, 2.05) is 5.32 Å². The second kappa shape index (κ2) is 6.95. The maximum Gasteiger partial charge on any atom is 0.413 e. The third-order valence-corrected chi connectivity index (χ3v) is 2.75. The summed E-state index contributed by atoms with van der Waals surface area (Å²) in [4.78, 5) is 22.5. The molecule has 0 unspecified atom stereocenters. The Kier molecular flexibility index (Phi) is 5.57. The highest BCUT2D eigenvalue weighted by Gasteiger charge is 2.19. The van der Waals surface area contributed by atoms with Gasteiger partial charge in [-0.25, -0.2) is 13.6 Å². The predicted octanol–water partition coefficient (Wildman–Crippen LogP) is 1.89. The standard InChI is InChI=1S/C13H16F2N2O3/c1-7(9-4-5-10(14)11(15)6-9)16-8(2)12(18)17-13(19)20-3/h4-8,16H,1-3H3,(H,17,18,19)/t7-,8-/m1/s1. The average molecular weight is 286 g/mol. The minimum Gasteiger partial charge on any atom is -0.453 e. The first kappa shape index (κ1) is 16.0. The Morgan fingerprint density at radius 1 is 1.20 bits per heavy atom. The zero-order chi connectivity index (χ0) is 15.3. The van der Waals surface area contributed by atoms with Gasteiger partial charge >= 0.3 is 6.09 Å². The molecule has 0 radical (unpaired) electrons. The van der Waals surface area contributed by atoms with E-state index in [-0.39, 0.29) is 0 Å². The molecular weight excluding hydrogens is 270 g/mol. The number of carbonyl (C=O) groups is 2. The molecule has 110 valence electrons. The summed E-state index contributed by atoms with van der Waals surface area (Å²) in [6.45, 7) is 3.23. The van der Waals surface area contributed by atoms with Crippen molar-refractivity contribution < 1.29 is 23.1 Å². The number of nitrogens with one attached hydrogen (secondary N) is 2. The number of hydrogen-bond donors (Lipinski definition) is 2. The van der Waals surface area contributed by atoms with E-state index in [1.54, 1.807) is 6.92 Å². The lowest BCUT2D eigenvalue weighted by atomic mass is 10.1. The van der Waals surface area contributed by atoms with Crippen molar-refractivity contribution in [3.8, 4) is 0 Å². The molecule has 2 amide bonds. The van der Waals surface area contributed by atoms with Gasteiger partial charge in [0.2, 0.25) is 5.91 Å². The number of benzene rings is 1. The number of halogens is 2. The van der Waals surface area contributed by atoms with Crippen LogP contribution in [0.3, 0.4) is 0 Å². The molecule has 1 rings (SSSR count). The summed E-state index contributed by atoms with van der Waals surface area (Å²) in [5, 5.41) is 4.87. The van der Waals surface area contributed by atoms with Crippen molar-refractivity contribution in [2.45, 2.75) is 25.9 Å². The lowest BCUT2D eigenvalue weighted by molar-refractivity contribution is -0.122. The molecule has 0 aromatic heterocycles. The Bertz CT molecular complexity index is 508. The van der Waals surface area contributed by atoms with Crippen molar-refractivity contribution in [3.05, 3.63) is 35.4 Å². The average Bonchev–Trinajstić information content (AvgIpc) is 2.41.